The van der Waals surface area contributed by atoms with Crippen LogP contribution in [-0.2, 0) is 32.7 Å². The Labute approximate surface area is 382 Å². The number of phosphoric ester groups is 1. The van der Waals surface area contributed by atoms with E-state index in [1.807, 2.05) is 0 Å². The molecule has 0 heterocycles. The summed E-state index contributed by atoms with van der Waals surface area (Å²) in [6.07, 6.45) is 47.9. The average molecular weight is 905 g/mol. The second kappa shape index (κ2) is 47.9. The molecule has 11 heteroatoms. The van der Waals surface area contributed by atoms with Gasteiger partial charge in [0.05, 0.1) is 19.8 Å². The highest BCUT2D eigenvalue weighted by Crippen LogP contribution is 2.43. The van der Waals surface area contributed by atoms with Crippen LogP contribution in [-0.4, -0.2) is 65.7 Å². The first-order valence-electron chi connectivity index (χ1n) is 26.5. The van der Waals surface area contributed by atoms with Crippen LogP contribution in [0.25, 0.3) is 0 Å². The summed E-state index contributed by atoms with van der Waals surface area (Å²) in [6, 6.07) is 0. The van der Waals surface area contributed by atoms with Crippen LogP contribution in [0.4, 0.5) is 0 Å². The molecule has 0 rings (SSSR count). The Morgan fingerprint density at radius 3 is 1.00 bits per heavy atom. The van der Waals surface area contributed by atoms with Crippen LogP contribution in [0.2, 0.25) is 0 Å². The van der Waals surface area contributed by atoms with E-state index in [0.717, 1.165) is 32.1 Å². The molecule has 370 valence electrons. The van der Waals surface area contributed by atoms with Crippen molar-refractivity contribution < 1.29 is 47.8 Å². The summed E-state index contributed by atoms with van der Waals surface area (Å²) in [5.41, 5.74) is 0. The molecule has 0 saturated carbocycles. The Bertz CT molecular complexity index is 998. The van der Waals surface area contributed by atoms with E-state index in [2.05, 4.69) is 13.8 Å². The zero-order valence-corrected chi connectivity index (χ0v) is 41.5. The zero-order valence-electron chi connectivity index (χ0n) is 40.6. The van der Waals surface area contributed by atoms with Gasteiger partial charge in [0.15, 0.2) is 6.10 Å². The summed E-state index contributed by atoms with van der Waals surface area (Å²) in [5, 5.41) is 18.4. The molecule has 0 aromatic carbocycles. The smallest absolute Gasteiger partial charge is 0.462 e. The Balaban J connectivity index is 4.08. The first-order valence-corrected chi connectivity index (χ1v) is 28.0. The van der Waals surface area contributed by atoms with Crippen LogP contribution < -0.4 is 0 Å². The van der Waals surface area contributed by atoms with Gasteiger partial charge >= 0.3 is 19.8 Å². The van der Waals surface area contributed by atoms with Gasteiger partial charge in [0, 0.05) is 12.8 Å². The number of carbonyl (C=O) groups excluding carboxylic acids is 2. The van der Waals surface area contributed by atoms with Gasteiger partial charge in [0.1, 0.15) is 12.7 Å². The Morgan fingerprint density at radius 2 is 0.694 bits per heavy atom. The number of carbonyl (C=O) groups is 2. The second-order valence-corrected chi connectivity index (χ2v) is 19.7. The molecule has 3 N–H and O–H groups in total. The van der Waals surface area contributed by atoms with Crippen molar-refractivity contribution in [3.8, 4) is 0 Å². The van der Waals surface area contributed by atoms with Crippen molar-refractivity contribution >= 4 is 19.8 Å². The van der Waals surface area contributed by atoms with Gasteiger partial charge < -0.3 is 24.6 Å². The molecular weight excluding hydrogens is 804 g/mol. The fraction of sp³-hybridized carbons (Fsp3) is 0.961. The molecule has 3 atom stereocenters. The van der Waals surface area contributed by atoms with E-state index in [0.29, 0.717) is 12.8 Å². The molecule has 0 aromatic rings. The number of hydrogen-bond donors (Lipinski definition) is 3. The quantitative estimate of drug-likeness (QED) is 0.0306. The molecule has 0 amide bonds. The maximum atomic E-state index is 12.7. The van der Waals surface area contributed by atoms with Gasteiger partial charge in [0.25, 0.3) is 0 Å². The van der Waals surface area contributed by atoms with E-state index in [1.165, 1.54) is 205 Å². The molecule has 3 unspecified atom stereocenters. The number of rotatable bonds is 51. The van der Waals surface area contributed by atoms with Gasteiger partial charge in [-0.2, -0.15) is 0 Å². The highest BCUT2D eigenvalue weighted by Gasteiger charge is 2.27. The van der Waals surface area contributed by atoms with Crippen LogP contribution in [0, 0.1) is 0 Å². The fourth-order valence-electron chi connectivity index (χ4n) is 7.94. The van der Waals surface area contributed by atoms with Crippen LogP contribution in [0.5, 0.6) is 0 Å². The van der Waals surface area contributed by atoms with Crippen molar-refractivity contribution in [1.29, 1.82) is 0 Å². The number of aliphatic hydroxyl groups is 2. The van der Waals surface area contributed by atoms with Crippen molar-refractivity contribution in [2.75, 3.05) is 26.4 Å². The predicted octanol–water partition coefficient (Wildman–Crippen LogP) is 15.0. The molecule has 0 aliphatic heterocycles. The molecule has 0 spiro atoms. The predicted molar refractivity (Wildman–Crippen MR) is 256 cm³/mol. The van der Waals surface area contributed by atoms with E-state index in [1.54, 1.807) is 0 Å². The third-order valence-electron chi connectivity index (χ3n) is 12.0. The van der Waals surface area contributed by atoms with Gasteiger partial charge in [-0.1, -0.05) is 251 Å². The summed E-state index contributed by atoms with van der Waals surface area (Å²) in [6.45, 7) is 2.46. The highest BCUT2D eigenvalue weighted by atomic mass is 31.2. The van der Waals surface area contributed by atoms with Crippen molar-refractivity contribution in [2.24, 2.45) is 0 Å². The molecule has 10 nitrogen and oxygen atoms in total. The lowest BCUT2D eigenvalue weighted by Crippen LogP contribution is -2.29. The Kier molecular flexibility index (Phi) is 47.1. The van der Waals surface area contributed by atoms with Crippen LogP contribution in [0.3, 0.4) is 0 Å². The molecule has 0 aliphatic carbocycles. The second-order valence-electron chi connectivity index (χ2n) is 18.3. The molecule has 62 heavy (non-hydrogen) atoms. The minimum atomic E-state index is -4.62. The van der Waals surface area contributed by atoms with Crippen molar-refractivity contribution in [2.45, 2.75) is 289 Å². The maximum Gasteiger partial charge on any atom is 0.472 e. The third kappa shape index (κ3) is 46.9. The lowest BCUT2D eigenvalue weighted by Gasteiger charge is -2.20. The van der Waals surface area contributed by atoms with E-state index >= 15 is 0 Å². The van der Waals surface area contributed by atoms with Gasteiger partial charge in [-0.3, -0.25) is 18.6 Å². The number of aliphatic hydroxyl groups excluding tert-OH is 2. The lowest BCUT2D eigenvalue weighted by atomic mass is 10.0. The van der Waals surface area contributed by atoms with Crippen LogP contribution in [0.1, 0.15) is 277 Å². The van der Waals surface area contributed by atoms with E-state index < -0.39 is 51.8 Å². The van der Waals surface area contributed by atoms with Gasteiger partial charge in [-0.15, -0.1) is 0 Å². The summed E-state index contributed by atoms with van der Waals surface area (Å²) in [7, 11) is -4.62. The number of ether oxygens (including phenoxy) is 2. The monoisotopic (exact) mass is 905 g/mol. The average Bonchev–Trinajstić information content (AvgIpc) is 3.26. The molecule has 0 aromatic heterocycles. The Morgan fingerprint density at radius 1 is 0.419 bits per heavy atom. The summed E-state index contributed by atoms with van der Waals surface area (Å²) in [5.74, 6) is -0.902. The topological polar surface area (TPSA) is 149 Å². The summed E-state index contributed by atoms with van der Waals surface area (Å²) < 4.78 is 32.9. The number of esters is 2. The normalized spacial score (nSPS) is 13.6. The Hall–Kier alpha value is -1.03. The van der Waals surface area contributed by atoms with Gasteiger partial charge in [-0.25, -0.2) is 4.57 Å². The van der Waals surface area contributed by atoms with Gasteiger partial charge in [0.2, 0.25) is 0 Å². The van der Waals surface area contributed by atoms with Crippen LogP contribution in [0.15, 0.2) is 0 Å². The minimum absolute atomic E-state index is 0.193. The van der Waals surface area contributed by atoms with Crippen molar-refractivity contribution in [3.63, 3.8) is 0 Å². The molecular formula is C51H101O10P. The SMILES string of the molecule is CCCCCCCCCCCCCCCCCCCCCCCCCC(=O)OC(COC(=O)CCCCCCCCCCCCCCCCCC)COP(=O)(O)OCC(O)CO. The highest BCUT2D eigenvalue weighted by molar-refractivity contribution is 7.47. The number of hydrogen-bond acceptors (Lipinski definition) is 9. The number of phosphoric acid groups is 1. The van der Waals surface area contributed by atoms with E-state index in [-0.39, 0.29) is 19.4 Å². The van der Waals surface area contributed by atoms with Gasteiger partial charge in [-0.05, 0) is 12.8 Å². The van der Waals surface area contributed by atoms with E-state index in [9.17, 15) is 24.2 Å². The fourth-order valence-corrected chi connectivity index (χ4v) is 8.73. The van der Waals surface area contributed by atoms with Crippen LogP contribution >= 0.6 is 7.82 Å². The first kappa shape index (κ1) is 61.0. The number of unbranched alkanes of at least 4 members (excludes halogenated alkanes) is 37. The third-order valence-corrected chi connectivity index (χ3v) is 13.0. The first-order chi connectivity index (χ1) is 30.2. The minimum Gasteiger partial charge on any atom is -0.462 e. The standard InChI is InChI=1S/C51H101O10P/c1-3-5-7-9-11-13-15-17-19-21-22-23-24-25-26-27-29-31-33-35-37-39-41-43-51(55)61-49(47-60-62(56,57)59-45-48(53)44-52)46-58-50(54)42-40-38-36-34-32-30-28-20-18-16-14-12-10-8-6-4-2/h48-49,52-53H,3-47H2,1-2H3,(H,56,57). The molecule has 0 aliphatic rings. The molecule has 0 saturated heterocycles. The maximum absolute atomic E-state index is 12.7. The molecule has 0 fully saturated rings. The zero-order chi connectivity index (χ0) is 45.5. The summed E-state index contributed by atoms with van der Waals surface area (Å²) >= 11 is 0. The van der Waals surface area contributed by atoms with E-state index in [4.69, 9.17) is 23.6 Å². The molecule has 0 bridgehead atoms. The molecule has 0 radical (unpaired) electrons. The lowest BCUT2D eigenvalue weighted by molar-refractivity contribution is -0.161. The summed E-state index contributed by atoms with van der Waals surface area (Å²) in [4.78, 5) is 35.2. The largest absolute Gasteiger partial charge is 0.472 e. The van der Waals surface area contributed by atoms with Crippen molar-refractivity contribution in [1.82, 2.24) is 0 Å². The van der Waals surface area contributed by atoms with Crippen molar-refractivity contribution in [3.05, 3.63) is 0 Å².